The van der Waals surface area contributed by atoms with Gasteiger partial charge in [-0.1, -0.05) is 206 Å². The third kappa shape index (κ3) is 33.0. The van der Waals surface area contributed by atoms with E-state index in [-0.39, 0.29) is 18.9 Å². The number of hydrogen-bond donors (Lipinski definition) is 4. The molecule has 4 N–H and O–H groups in total. The van der Waals surface area contributed by atoms with E-state index in [1.54, 1.807) is 6.08 Å². The van der Waals surface area contributed by atoms with Gasteiger partial charge in [0.1, 0.15) is 0 Å². The third-order valence-corrected chi connectivity index (χ3v) is 9.57. The summed E-state index contributed by atoms with van der Waals surface area (Å²) in [6.45, 7) is 4.17. The first-order chi connectivity index (χ1) is 22.5. The maximum Gasteiger partial charge on any atom is 0.222 e. The van der Waals surface area contributed by atoms with Crippen LogP contribution in [0.2, 0.25) is 0 Å². The number of aliphatic hydroxyl groups excluding tert-OH is 3. The van der Waals surface area contributed by atoms with E-state index < -0.39 is 18.2 Å². The van der Waals surface area contributed by atoms with E-state index in [4.69, 9.17) is 0 Å². The summed E-state index contributed by atoms with van der Waals surface area (Å²) in [5, 5.41) is 32.9. The van der Waals surface area contributed by atoms with Crippen LogP contribution in [0.1, 0.15) is 219 Å². The molecule has 5 heteroatoms. The Morgan fingerprint density at radius 1 is 0.543 bits per heavy atom. The summed E-state index contributed by atoms with van der Waals surface area (Å²) in [5.74, 6) is -0.318. The molecule has 0 aromatic carbocycles. The van der Waals surface area contributed by atoms with Gasteiger partial charge in [-0.25, -0.2) is 0 Å². The number of amides is 1. The maximum atomic E-state index is 12.3. The summed E-state index contributed by atoms with van der Waals surface area (Å²) >= 11 is 0. The standard InChI is InChI=1S/C41H81NO4/c1-3-5-7-9-11-12-13-14-15-16-17-18-19-20-21-22-23-24-25-26-27-29-31-33-35-40(45)39(37-43)42-41(46)36-38(44)34-32-30-28-10-8-6-4-2/h33,35,38-40,43-45H,3-32,34,36-37H2,1-2H3,(H,42,46)/b35-33+. The lowest BCUT2D eigenvalue weighted by atomic mass is 10.0. The van der Waals surface area contributed by atoms with Crippen molar-refractivity contribution in [3.8, 4) is 0 Å². The fourth-order valence-electron chi connectivity index (χ4n) is 6.40. The van der Waals surface area contributed by atoms with Crippen LogP contribution in [0.3, 0.4) is 0 Å². The smallest absolute Gasteiger partial charge is 0.222 e. The molecule has 0 fully saturated rings. The van der Waals surface area contributed by atoms with Crippen molar-refractivity contribution >= 4 is 5.91 Å². The van der Waals surface area contributed by atoms with Gasteiger partial charge in [0.2, 0.25) is 5.91 Å². The lowest BCUT2D eigenvalue weighted by Gasteiger charge is -2.21. The van der Waals surface area contributed by atoms with Crippen LogP contribution in [0, 0.1) is 0 Å². The summed E-state index contributed by atoms with van der Waals surface area (Å²) < 4.78 is 0. The maximum absolute atomic E-state index is 12.3. The van der Waals surface area contributed by atoms with Gasteiger partial charge in [0.15, 0.2) is 0 Å². The molecule has 0 saturated carbocycles. The molecule has 46 heavy (non-hydrogen) atoms. The molecule has 0 aromatic rings. The fourth-order valence-corrected chi connectivity index (χ4v) is 6.40. The second-order valence-electron chi connectivity index (χ2n) is 14.3. The zero-order valence-corrected chi connectivity index (χ0v) is 31.0. The molecule has 0 saturated heterocycles. The van der Waals surface area contributed by atoms with Crippen LogP contribution in [0.5, 0.6) is 0 Å². The van der Waals surface area contributed by atoms with Crippen LogP contribution in [-0.4, -0.2) is 46.1 Å². The van der Waals surface area contributed by atoms with Crippen molar-refractivity contribution < 1.29 is 20.1 Å². The molecule has 3 atom stereocenters. The molecule has 1 amide bonds. The highest BCUT2D eigenvalue weighted by molar-refractivity contribution is 5.76. The van der Waals surface area contributed by atoms with Crippen molar-refractivity contribution in [1.29, 1.82) is 0 Å². The Morgan fingerprint density at radius 3 is 1.26 bits per heavy atom. The van der Waals surface area contributed by atoms with Crippen LogP contribution >= 0.6 is 0 Å². The Bertz CT molecular complexity index is 640. The number of allylic oxidation sites excluding steroid dienone is 1. The number of nitrogens with one attached hydrogen (secondary N) is 1. The van der Waals surface area contributed by atoms with E-state index >= 15 is 0 Å². The minimum Gasteiger partial charge on any atom is -0.394 e. The van der Waals surface area contributed by atoms with Gasteiger partial charge in [0, 0.05) is 0 Å². The minimum atomic E-state index is -0.922. The zero-order valence-electron chi connectivity index (χ0n) is 31.0. The lowest BCUT2D eigenvalue weighted by molar-refractivity contribution is -0.124. The molecule has 0 aliphatic carbocycles. The van der Waals surface area contributed by atoms with Gasteiger partial charge >= 0.3 is 0 Å². The van der Waals surface area contributed by atoms with Gasteiger partial charge in [-0.05, 0) is 19.3 Å². The van der Waals surface area contributed by atoms with Gasteiger partial charge in [-0.2, -0.15) is 0 Å². The Hall–Kier alpha value is -0.910. The van der Waals surface area contributed by atoms with Gasteiger partial charge in [0.25, 0.3) is 0 Å². The van der Waals surface area contributed by atoms with Crippen LogP contribution < -0.4 is 5.32 Å². The molecule has 5 nitrogen and oxygen atoms in total. The number of hydrogen-bond acceptors (Lipinski definition) is 4. The summed E-state index contributed by atoms with van der Waals surface area (Å²) in [6, 6.07) is -0.737. The largest absolute Gasteiger partial charge is 0.394 e. The quantitative estimate of drug-likeness (QED) is 0.0397. The van der Waals surface area contributed by atoms with Crippen molar-refractivity contribution in [3.05, 3.63) is 12.2 Å². The van der Waals surface area contributed by atoms with Gasteiger partial charge in [-0.15, -0.1) is 0 Å². The lowest BCUT2D eigenvalue weighted by Crippen LogP contribution is -2.45. The van der Waals surface area contributed by atoms with Gasteiger partial charge in [-0.3, -0.25) is 4.79 Å². The van der Waals surface area contributed by atoms with E-state index in [0.29, 0.717) is 6.42 Å². The van der Waals surface area contributed by atoms with Crippen LogP contribution in [0.25, 0.3) is 0 Å². The Kier molecular flexibility index (Phi) is 36.2. The van der Waals surface area contributed by atoms with Crippen LogP contribution in [0.15, 0.2) is 12.2 Å². The number of rotatable bonds is 37. The zero-order chi connectivity index (χ0) is 33.8. The molecular formula is C41H81NO4. The predicted octanol–water partition coefficient (Wildman–Crippen LogP) is 11.3. The SMILES string of the molecule is CCCCCCCCCCCCCCCCCCCCCCCC/C=C/C(O)C(CO)NC(=O)CC(O)CCCCCCCCC. The highest BCUT2D eigenvalue weighted by Crippen LogP contribution is 2.16. The molecule has 0 rings (SSSR count). The van der Waals surface area contributed by atoms with E-state index in [2.05, 4.69) is 19.2 Å². The average molecular weight is 652 g/mol. The summed E-state index contributed by atoms with van der Waals surface area (Å²) in [5.41, 5.74) is 0. The van der Waals surface area contributed by atoms with Gasteiger partial charge in [0.05, 0.1) is 31.3 Å². The highest BCUT2D eigenvalue weighted by atomic mass is 16.3. The second kappa shape index (κ2) is 36.9. The highest BCUT2D eigenvalue weighted by Gasteiger charge is 2.20. The topological polar surface area (TPSA) is 89.8 Å². The molecule has 3 unspecified atom stereocenters. The first-order valence-corrected chi connectivity index (χ1v) is 20.5. The minimum absolute atomic E-state index is 0.0161. The van der Waals surface area contributed by atoms with E-state index in [0.717, 1.165) is 25.7 Å². The Morgan fingerprint density at radius 2 is 0.891 bits per heavy atom. The van der Waals surface area contributed by atoms with E-state index in [9.17, 15) is 20.1 Å². The monoisotopic (exact) mass is 652 g/mol. The summed E-state index contributed by atoms with van der Waals surface area (Å²) in [7, 11) is 0. The van der Waals surface area contributed by atoms with Crippen molar-refractivity contribution in [2.75, 3.05) is 6.61 Å². The number of carbonyl (C=O) groups is 1. The molecule has 0 bridgehead atoms. The molecular weight excluding hydrogens is 570 g/mol. The summed E-state index contributed by atoms with van der Waals surface area (Å²) in [6.07, 6.45) is 42.3. The first kappa shape index (κ1) is 45.1. The number of unbranched alkanes of at least 4 members (excludes halogenated alkanes) is 28. The van der Waals surface area contributed by atoms with Crippen LogP contribution in [-0.2, 0) is 4.79 Å². The molecule has 0 aromatic heterocycles. The van der Waals surface area contributed by atoms with Crippen LogP contribution in [0.4, 0.5) is 0 Å². The van der Waals surface area contributed by atoms with Crippen molar-refractivity contribution in [3.63, 3.8) is 0 Å². The molecule has 0 aliphatic heterocycles. The van der Waals surface area contributed by atoms with Gasteiger partial charge < -0.3 is 20.6 Å². The average Bonchev–Trinajstić information content (AvgIpc) is 3.05. The second-order valence-corrected chi connectivity index (χ2v) is 14.3. The fraction of sp³-hybridized carbons (Fsp3) is 0.927. The van der Waals surface area contributed by atoms with E-state index in [1.807, 2.05) is 6.08 Å². The summed E-state index contributed by atoms with van der Waals surface area (Å²) in [4.78, 5) is 12.3. The Labute approximate surface area is 287 Å². The van der Waals surface area contributed by atoms with Crippen molar-refractivity contribution in [2.45, 2.75) is 238 Å². The molecule has 0 heterocycles. The predicted molar refractivity (Wildman–Crippen MR) is 199 cm³/mol. The normalized spacial score (nSPS) is 13.8. The molecule has 274 valence electrons. The number of aliphatic hydroxyl groups is 3. The van der Waals surface area contributed by atoms with E-state index in [1.165, 1.54) is 167 Å². The molecule has 0 radical (unpaired) electrons. The molecule has 0 aliphatic rings. The Balaban J connectivity index is 3.56. The molecule has 0 spiro atoms. The first-order valence-electron chi connectivity index (χ1n) is 20.5. The van der Waals surface area contributed by atoms with Crippen molar-refractivity contribution in [1.82, 2.24) is 5.32 Å². The third-order valence-electron chi connectivity index (χ3n) is 9.57. The van der Waals surface area contributed by atoms with Crippen molar-refractivity contribution in [2.24, 2.45) is 0 Å². The number of carbonyl (C=O) groups excluding carboxylic acids is 1.